The van der Waals surface area contributed by atoms with Gasteiger partial charge in [0, 0.05) is 11.1 Å². The van der Waals surface area contributed by atoms with Gasteiger partial charge in [-0.15, -0.1) is 11.3 Å². The Kier molecular flexibility index (Phi) is 4.45. The van der Waals surface area contributed by atoms with Gasteiger partial charge >= 0.3 is 12.0 Å². The van der Waals surface area contributed by atoms with E-state index in [0.717, 1.165) is 9.88 Å². The smallest absolute Gasteiger partial charge is 0.325 e. The molecule has 6 nitrogen and oxygen atoms in total. The molecule has 1 aromatic rings. The molecule has 94 valence electrons. The molecule has 2 amide bonds. The van der Waals surface area contributed by atoms with Gasteiger partial charge in [-0.2, -0.15) is 0 Å². The third kappa shape index (κ3) is 4.03. The van der Waals surface area contributed by atoms with Crippen molar-refractivity contribution in [1.82, 2.24) is 15.6 Å². The number of aliphatic carboxylic acids is 1. The van der Waals surface area contributed by atoms with Crippen molar-refractivity contribution in [2.24, 2.45) is 0 Å². The highest BCUT2D eigenvalue weighted by molar-refractivity contribution is 7.11. The molecule has 0 radical (unpaired) electrons. The summed E-state index contributed by atoms with van der Waals surface area (Å²) >= 11 is 1.49. The number of carbonyl (C=O) groups excluding carboxylic acids is 1. The minimum atomic E-state index is -1.07. The van der Waals surface area contributed by atoms with Crippen LogP contribution in [0.2, 0.25) is 0 Å². The molecular formula is C10H15N3O3S. The normalized spacial score (nSPS) is 13.8. The average molecular weight is 257 g/mol. The molecule has 0 bridgehead atoms. The van der Waals surface area contributed by atoms with E-state index in [2.05, 4.69) is 15.6 Å². The van der Waals surface area contributed by atoms with Crippen molar-refractivity contribution >= 4 is 23.3 Å². The van der Waals surface area contributed by atoms with Crippen LogP contribution in [0.5, 0.6) is 0 Å². The van der Waals surface area contributed by atoms with E-state index in [1.54, 1.807) is 13.1 Å². The van der Waals surface area contributed by atoms with Gasteiger partial charge in [-0.1, -0.05) is 0 Å². The fourth-order valence-corrected chi connectivity index (χ4v) is 1.91. The van der Waals surface area contributed by atoms with Gasteiger partial charge in [0.05, 0.1) is 6.04 Å². The van der Waals surface area contributed by atoms with E-state index in [9.17, 15) is 9.59 Å². The molecule has 3 N–H and O–H groups in total. The number of nitrogens with one attached hydrogen (secondary N) is 2. The lowest BCUT2D eigenvalue weighted by atomic mass is 10.3. The molecular weight excluding hydrogens is 242 g/mol. The predicted octanol–water partition coefficient (Wildman–Crippen LogP) is 1.28. The summed E-state index contributed by atoms with van der Waals surface area (Å²) in [6, 6.07) is -1.67. The molecule has 7 heteroatoms. The first kappa shape index (κ1) is 13.4. The maximum atomic E-state index is 11.4. The highest BCUT2D eigenvalue weighted by Crippen LogP contribution is 2.18. The fraction of sp³-hybridized carbons (Fsp3) is 0.500. The zero-order valence-electron chi connectivity index (χ0n) is 9.85. The molecule has 0 aliphatic rings. The van der Waals surface area contributed by atoms with Crippen molar-refractivity contribution in [1.29, 1.82) is 0 Å². The Bertz CT molecular complexity index is 419. The summed E-state index contributed by atoms with van der Waals surface area (Å²) in [5, 5.41) is 14.4. The van der Waals surface area contributed by atoms with Crippen LogP contribution in [0.25, 0.3) is 0 Å². The highest BCUT2D eigenvalue weighted by atomic mass is 32.1. The van der Waals surface area contributed by atoms with Gasteiger partial charge in [0.1, 0.15) is 11.0 Å². The van der Waals surface area contributed by atoms with Crippen molar-refractivity contribution in [2.75, 3.05) is 0 Å². The topological polar surface area (TPSA) is 91.3 Å². The molecule has 0 aliphatic carbocycles. The summed E-state index contributed by atoms with van der Waals surface area (Å²) in [6.45, 7) is 5.13. The molecule has 2 atom stereocenters. The standard InChI is InChI=1S/C10H15N3O3S/c1-5-4-11-8(17-5)6(2)12-10(16)13-7(3)9(14)15/h4,6-7H,1-3H3,(H,14,15)(H2,12,13,16)/t6?,7-/m1/s1. The summed E-state index contributed by atoms with van der Waals surface area (Å²) in [5.41, 5.74) is 0. The maximum absolute atomic E-state index is 11.4. The minimum absolute atomic E-state index is 0.241. The molecule has 0 spiro atoms. The molecule has 0 saturated heterocycles. The van der Waals surface area contributed by atoms with Gasteiger partial charge in [0.25, 0.3) is 0 Å². The molecule has 1 rings (SSSR count). The van der Waals surface area contributed by atoms with E-state index in [1.165, 1.54) is 18.3 Å². The first-order chi connectivity index (χ1) is 7.90. The van der Waals surface area contributed by atoms with Crippen LogP contribution < -0.4 is 10.6 Å². The van der Waals surface area contributed by atoms with Crippen molar-refractivity contribution < 1.29 is 14.7 Å². The number of hydrogen-bond acceptors (Lipinski definition) is 4. The van der Waals surface area contributed by atoms with Crippen molar-refractivity contribution in [2.45, 2.75) is 32.9 Å². The number of carbonyl (C=O) groups is 2. The molecule has 1 unspecified atom stereocenters. The SMILES string of the molecule is Cc1cnc(C(C)NC(=O)N[C@H](C)C(=O)O)s1. The van der Waals surface area contributed by atoms with Gasteiger partial charge in [-0.25, -0.2) is 9.78 Å². The number of carboxylic acid groups (broad SMARTS) is 1. The van der Waals surface area contributed by atoms with E-state index in [0.29, 0.717) is 0 Å². The fourth-order valence-electron chi connectivity index (χ4n) is 1.13. The first-order valence-corrected chi connectivity index (χ1v) is 5.94. The third-order valence-corrected chi connectivity index (χ3v) is 3.17. The number of carboxylic acids is 1. The number of hydrogen-bond donors (Lipinski definition) is 3. The second-order valence-electron chi connectivity index (χ2n) is 3.71. The monoisotopic (exact) mass is 257 g/mol. The molecule has 0 aromatic carbocycles. The van der Waals surface area contributed by atoms with Gasteiger partial charge < -0.3 is 15.7 Å². The zero-order chi connectivity index (χ0) is 13.0. The zero-order valence-corrected chi connectivity index (χ0v) is 10.7. The average Bonchev–Trinajstić information content (AvgIpc) is 2.64. The van der Waals surface area contributed by atoms with Crippen LogP contribution in [-0.2, 0) is 4.79 Å². The van der Waals surface area contributed by atoms with Crippen LogP contribution in [0.4, 0.5) is 4.79 Å². The lowest BCUT2D eigenvalue weighted by molar-refractivity contribution is -0.138. The summed E-state index contributed by atoms with van der Waals surface area (Å²) in [5.74, 6) is -1.07. The minimum Gasteiger partial charge on any atom is -0.480 e. The summed E-state index contributed by atoms with van der Waals surface area (Å²) in [6.07, 6.45) is 1.73. The second kappa shape index (κ2) is 5.62. The molecule has 17 heavy (non-hydrogen) atoms. The first-order valence-electron chi connectivity index (χ1n) is 5.12. The number of aromatic nitrogens is 1. The Morgan fingerprint density at radius 3 is 2.53 bits per heavy atom. The van der Waals surface area contributed by atoms with Crippen molar-refractivity contribution in [3.05, 3.63) is 16.1 Å². The van der Waals surface area contributed by atoms with Gasteiger partial charge in [0.2, 0.25) is 0 Å². The molecule has 0 aliphatic heterocycles. The van der Waals surface area contributed by atoms with Crippen molar-refractivity contribution in [3.63, 3.8) is 0 Å². The Hall–Kier alpha value is -1.63. The lowest BCUT2D eigenvalue weighted by Gasteiger charge is -2.14. The molecule has 1 aromatic heterocycles. The van der Waals surface area contributed by atoms with Crippen LogP contribution >= 0.6 is 11.3 Å². The van der Waals surface area contributed by atoms with Gasteiger partial charge in [-0.3, -0.25) is 4.79 Å². The van der Waals surface area contributed by atoms with E-state index in [1.807, 2.05) is 6.92 Å². The maximum Gasteiger partial charge on any atom is 0.325 e. The number of aryl methyl sites for hydroxylation is 1. The predicted molar refractivity (Wildman–Crippen MR) is 64.0 cm³/mol. The van der Waals surface area contributed by atoms with E-state index in [4.69, 9.17) is 5.11 Å². The lowest BCUT2D eigenvalue weighted by Crippen LogP contribution is -2.45. The van der Waals surface area contributed by atoms with Gasteiger partial charge in [-0.05, 0) is 20.8 Å². The van der Waals surface area contributed by atoms with E-state index < -0.39 is 18.0 Å². The Labute approximate surface area is 103 Å². The molecule has 0 saturated carbocycles. The van der Waals surface area contributed by atoms with Gasteiger partial charge in [0.15, 0.2) is 0 Å². The van der Waals surface area contributed by atoms with Crippen LogP contribution in [0.3, 0.4) is 0 Å². The largest absolute Gasteiger partial charge is 0.480 e. The van der Waals surface area contributed by atoms with Crippen LogP contribution in [0.15, 0.2) is 6.20 Å². The summed E-state index contributed by atoms with van der Waals surface area (Å²) < 4.78 is 0. The van der Waals surface area contributed by atoms with E-state index in [-0.39, 0.29) is 6.04 Å². The Morgan fingerprint density at radius 1 is 1.41 bits per heavy atom. The van der Waals surface area contributed by atoms with Crippen LogP contribution in [0, 0.1) is 6.92 Å². The number of urea groups is 1. The summed E-state index contributed by atoms with van der Waals surface area (Å²) in [4.78, 5) is 27.2. The number of thiazole rings is 1. The number of rotatable bonds is 4. The number of nitrogens with zero attached hydrogens (tertiary/aromatic N) is 1. The quantitative estimate of drug-likeness (QED) is 0.757. The van der Waals surface area contributed by atoms with Crippen LogP contribution in [0.1, 0.15) is 29.8 Å². The molecule has 1 heterocycles. The summed E-state index contributed by atoms with van der Waals surface area (Å²) in [7, 11) is 0. The highest BCUT2D eigenvalue weighted by Gasteiger charge is 2.17. The third-order valence-electron chi connectivity index (χ3n) is 2.08. The Balaban J connectivity index is 2.49. The van der Waals surface area contributed by atoms with Crippen LogP contribution in [-0.4, -0.2) is 28.1 Å². The molecule has 0 fully saturated rings. The second-order valence-corrected chi connectivity index (χ2v) is 4.97. The van der Waals surface area contributed by atoms with Crippen molar-refractivity contribution in [3.8, 4) is 0 Å². The van der Waals surface area contributed by atoms with E-state index >= 15 is 0 Å². The number of amides is 2. The Morgan fingerprint density at radius 2 is 2.06 bits per heavy atom.